The maximum atomic E-state index is 5.84. The first-order valence-corrected chi connectivity index (χ1v) is 5.66. The summed E-state index contributed by atoms with van der Waals surface area (Å²) >= 11 is 3.42. The van der Waals surface area contributed by atoms with E-state index in [1.807, 2.05) is 24.3 Å². The van der Waals surface area contributed by atoms with E-state index in [4.69, 9.17) is 10.5 Å². The van der Waals surface area contributed by atoms with Gasteiger partial charge in [-0.25, -0.2) is 0 Å². The van der Waals surface area contributed by atoms with Crippen LogP contribution < -0.4 is 10.5 Å². The van der Waals surface area contributed by atoms with Crippen molar-refractivity contribution in [2.75, 3.05) is 6.61 Å². The van der Waals surface area contributed by atoms with Crippen LogP contribution in [0.25, 0.3) is 0 Å². The minimum Gasteiger partial charge on any atom is -0.491 e. The molecule has 0 spiro atoms. The van der Waals surface area contributed by atoms with E-state index >= 15 is 0 Å². The van der Waals surface area contributed by atoms with E-state index in [2.05, 4.69) is 22.9 Å². The Balaban J connectivity index is 2.41. The van der Waals surface area contributed by atoms with Crippen LogP contribution in [-0.2, 0) is 0 Å². The van der Waals surface area contributed by atoms with Crippen molar-refractivity contribution in [3.8, 4) is 5.75 Å². The number of benzene rings is 1. The molecule has 0 bridgehead atoms. The van der Waals surface area contributed by atoms with Gasteiger partial charge < -0.3 is 10.5 Å². The highest BCUT2D eigenvalue weighted by Gasteiger charge is 2.03. The molecule has 3 heteroatoms. The van der Waals surface area contributed by atoms with E-state index < -0.39 is 0 Å². The zero-order valence-electron chi connectivity index (χ0n) is 8.37. The van der Waals surface area contributed by atoms with Crippen molar-refractivity contribution >= 4 is 15.9 Å². The summed E-state index contributed by atoms with van der Waals surface area (Å²) in [5.74, 6) is 0.860. The molecule has 0 radical (unpaired) electrons. The predicted molar refractivity (Wildman–Crippen MR) is 62.5 cm³/mol. The van der Waals surface area contributed by atoms with Gasteiger partial charge in [-0.3, -0.25) is 0 Å². The van der Waals surface area contributed by atoms with Gasteiger partial charge in [0.05, 0.1) is 4.47 Å². The predicted octanol–water partition coefficient (Wildman–Crippen LogP) is 2.96. The zero-order chi connectivity index (χ0) is 10.4. The van der Waals surface area contributed by atoms with Crippen molar-refractivity contribution in [2.45, 2.75) is 25.8 Å². The van der Waals surface area contributed by atoms with E-state index in [0.717, 1.165) is 23.1 Å². The Morgan fingerprint density at radius 3 is 2.79 bits per heavy atom. The van der Waals surface area contributed by atoms with Gasteiger partial charge in [-0.15, -0.1) is 0 Å². The van der Waals surface area contributed by atoms with Gasteiger partial charge in [0.15, 0.2) is 0 Å². The summed E-state index contributed by atoms with van der Waals surface area (Å²) in [6.45, 7) is 2.70. The molecule has 0 amide bonds. The third kappa shape index (κ3) is 3.68. The summed E-state index contributed by atoms with van der Waals surface area (Å²) in [7, 11) is 0. The van der Waals surface area contributed by atoms with Gasteiger partial charge >= 0.3 is 0 Å². The maximum absolute atomic E-state index is 5.84. The molecule has 1 aromatic carbocycles. The molecule has 1 rings (SSSR count). The number of rotatable bonds is 5. The second-order valence-electron chi connectivity index (χ2n) is 3.29. The third-order valence-electron chi connectivity index (χ3n) is 1.95. The fourth-order valence-corrected chi connectivity index (χ4v) is 1.61. The third-order valence-corrected chi connectivity index (χ3v) is 2.60. The lowest BCUT2D eigenvalue weighted by Crippen LogP contribution is -2.27. The Bertz CT molecular complexity index is 278. The minimum absolute atomic E-state index is 0.132. The van der Waals surface area contributed by atoms with E-state index in [-0.39, 0.29) is 6.04 Å². The number of para-hydroxylation sites is 1. The molecule has 1 aromatic rings. The standard InChI is InChI=1S/C11H16BrNO/c1-2-5-9(13)8-14-11-7-4-3-6-10(11)12/h3-4,6-7,9H,2,5,8,13H2,1H3. The van der Waals surface area contributed by atoms with E-state index in [9.17, 15) is 0 Å². The molecule has 78 valence electrons. The summed E-state index contributed by atoms with van der Waals surface area (Å²) in [6.07, 6.45) is 2.10. The summed E-state index contributed by atoms with van der Waals surface area (Å²) in [5, 5.41) is 0. The molecule has 2 nitrogen and oxygen atoms in total. The molecule has 0 saturated heterocycles. The second-order valence-corrected chi connectivity index (χ2v) is 4.14. The smallest absolute Gasteiger partial charge is 0.133 e. The molecular formula is C11H16BrNO. The van der Waals surface area contributed by atoms with Crippen molar-refractivity contribution in [3.05, 3.63) is 28.7 Å². The van der Waals surface area contributed by atoms with Crippen molar-refractivity contribution in [3.63, 3.8) is 0 Å². The number of hydrogen-bond acceptors (Lipinski definition) is 2. The molecule has 0 fully saturated rings. The largest absolute Gasteiger partial charge is 0.491 e. The minimum atomic E-state index is 0.132. The molecule has 0 aliphatic rings. The Morgan fingerprint density at radius 2 is 2.14 bits per heavy atom. The highest BCUT2D eigenvalue weighted by Crippen LogP contribution is 2.23. The van der Waals surface area contributed by atoms with Gasteiger partial charge in [-0.1, -0.05) is 25.5 Å². The fraction of sp³-hybridized carbons (Fsp3) is 0.455. The van der Waals surface area contributed by atoms with Crippen LogP contribution in [-0.4, -0.2) is 12.6 Å². The van der Waals surface area contributed by atoms with Crippen LogP contribution >= 0.6 is 15.9 Å². The molecule has 2 N–H and O–H groups in total. The maximum Gasteiger partial charge on any atom is 0.133 e. The average Bonchev–Trinajstić information content (AvgIpc) is 2.17. The molecule has 1 atom stereocenters. The fourth-order valence-electron chi connectivity index (χ4n) is 1.21. The number of hydrogen-bond donors (Lipinski definition) is 1. The molecule has 0 saturated carbocycles. The molecule has 1 unspecified atom stereocenters. The average molecular weight is 258 g/mol. The summed E-state index contributed by atoms with van der Waals surface area (Å²) in [5.41, 5.74) is 5.84. The summed E-state index contributed by atoms with van der Waals surface area (Å²) < 4.78 is 6.55. The summed E-state index contributed by atoms with van der Waals surface area (Å²) in [6, 6.07) is 7.93. The Hall–Kier alpha value is -0.540. The normalized spacial score (nSPS) is 12.5. The van der Waals surface area contributed by atoms with Gasteiger partial charge in [0.1, 0.15) is 12.4 Å². The van der Waals surface area contributed by atoms with Gasteiger partial charge in [0.25, 0.3) is 0 Å². The monoisotopic (exact) mass is 257 g/mol. The lowest BCUT2D eigenvalue weighted by Gasteiger charge is -2.12. The first-order valence-electron chi connectivity index (χ1n) is 4.87. The molecule has 0 aromatic heterocycles. The van der Waals surface area contributed by atoms with E-state index in [1.165, 1.54) is 0 Å². The van der Waals surface area contributed by atoms with Crippen LogP contribution in [0.2, 0.25) is 0 Å². The van der Waals surface area contributed by atoms with Crippen molar-refractivity contribution in [1.82, 2.24) is 0 Å². The number of ether oxygens (including phenoxy) is 1. The number of nitrogens with two attached hydrogens (primary N) is 1. The Morgan fingerprint density at radius 1 is 1.43 bits per heavy atom. The second kappa shape index (κ2) is 6.04. The van der Waals surface area contributed by atoms with Gasteiger partial charge in [-0.05, 0) is 34.5 Å². The molecule has 0 aliphatic heterocycles. The molecule has 0 aliphatic carbocycles. The van der Waals surface area contributed by atoms with Crippen LogP contribution in [0.5, 0.6) is 5.75 Å². The first kappa shape index (κ1) is 11.5. The Labute approximate surface area is 93.6 Å². The van der Waals surface area contributed by atoms with Crippen molar-refractivity contribution < 1.29 is 4.74 Å². The van der Waals surface area contributed by atoms with Crippen LogP contribution in [0.15, 0.2) is 28.7 Å². The van der Waals surface area contributed by atoms with Crippen LogP contribution in [0.1, 0.15) is 19.8 Å². The SMILES string of the molecule is CCCC(N)COc1ccccc1Br. The topological polar surface area (TPSA) is 35.2 Å². The Kier molecular flexibility index (Phi) is 4.98. The summed E-state index contributed by atoms with van der Waals surface area (Å²) in [4.78, 5) is 0. The van der Waals surface area contributed by atoms with Crippen LogP contribution in [0.4, 0.5) is 0 Å². The van der Waals surface area contributed by atoms with Crippen molar-refractivity contribution in [2.24, 2.45) is 5.73 Å². The highest BCUT2D eigenvalue weighted by atomic mass is 79.9. The van der Waals surface area contributed by atoms with Crippen LogP contribution in [0, 0.1) is 0 Å². The first-order chi connectivity index (χ1) is 6.74. The lowest BCUT2D eigenvalue weighted by atomic mass is 10.2. The van der Waals surface area contributed by atoms with E-state index in [0.29, 0.717) is 6.61 Å². The molecule has 0 heterocycles. The van der Waals surface area contributed by atoms with Gasteiger partial charge in [-0.2, -0.15) is 0 Å². The highest BCUT2D eigenvalue weighted by molar-refractivity contribution is 9.10. The molecule has 14 heavy (non-hydrogen) atoms. The van der Waals surface area contributed by atoms with Crippen LogP contribution in [0.3, 0.4) is 0 Å². The zero-order valence-corrected chi connectivity index (χ0v) is 9.96. The van der Waals surface area contributed by atoms with Gasteiger partial charge in [0.2, 0.25) is 0 Å². The van der Waals surface area contributed by atoms with Crippen molar-refractivity contribution in [1.29, 1.82) is 0 Å². The molecular weight excluding hydrogens is 242 g/mol. The quantitative estimate of drug-likeness (QED) is 0.881. The number of halogens is 1. The van der Waals surface area contributed by atoms with Gasteiger partial charge in [0, 0.05) is 6.04 Å². The lowest BCUT2D eigenvalue weighted by molar-refractivity contribution is 0.280. The van der Waals surface area contributed by atoms with E-state index in [1.54, 1.807) is 0 Å².